The molecule has 1 aromatic carbocycles. The molecule has 0 bridgehead atoms. The van der Waals surface area contributed by atoms with E-state index < -0.39 is 0 Å². The molecule has 0 fully saturated rings. The van der Waals surface area contributed by atoms with Crippen LogP contribution in [0.1, 0.15) is 33.1 Å². The molecule has 106 valence electrons. The first-order valence-electron chi connectivity index (χ1n) is 7.44. The molecule has 0 aliphatic carbocycles. The second kappa shape index (κ2) is 7.39. The molecule has 0 spiro atoms. The molecule has 0 saturated carbocycles. The predicted octanol–water partition coefficient (Wildman–Crippen LogP) is 3.34. The molecule has 0 aromatic heterocycles. The Morgan fingerprint density at radius 1 is 1.16 bits per heavy atom. The second-order valence-corrected chi connectivity index (χ2v) is 5.10. The number of hydrogen-bond donors (Lipinski definition) is 0. The zero-order valence-electron chi connectivity index (χ0n) is 12.1. The summed E-state index contributed by atoms with van der Waals surface area (Å²) in [6, 6.07) is 7.91. The van der Waals surface area contributed by atoms with Gasteiger partial charge >= 0.3 is 0 Å². The van der Waals surface area contributed by atoms with Crippen LogP contribution in [-0.4, -0.2) is 37.2 Å². The number of hydrogen-bond acceptors (Lipinski definition) is 3. The third-order valence-electron chi connectivity index (χ3n) is 3.55. The Morgan fingerprint density at radius 2 is 1.95 bits per heavy atom. The molecule has 1 unspecified atom stereocenters. The maximum Gasteiger partial charge on any atom is 0.161 e. The smallest absolute Gasteiger partial charge is 0.161 e. The largest absolute Gasteiger partial charge is 0.486 e. The molecule has 0 radical (unpaired) electrons. The highest BCUT2D eigenvalue weighted by Crippen LogP contribution is 2.30. The summed E-state index contributed by atoms with van der Waals surface area (Å²) in [6.07, 6.45) is 4.00. The number of likely N-dealkylation sites (N-methyl/N-ethyl adjacent to an activating group) is 1. The summed E-state index contributed by atoms with van der Waals surface area (Å²) in [5.74, 6) is 1.75. The Morgan fingerprint density at radius 3 is 2.68 bits per heavy atom. The average molecular weight is 263 g/mol. The van der Waals surface area contributed by atoms with E-state index in [2.05, 4.69) is 18.7 Å². The Labute approximate surface area is 116 Å². The van der Waals surface area contributed by atoms with Crippen molar-refractivity contribution in [2.45, 2.75) is 39.2 Å². The lowest BCUT2D eigenvalue weighted by molar-refractivity contribution is 0.0596. The first kappa shape index (κ1) is 14.2. The van der Waals surface area contributed by atoms with E-state index >= 15 is 0 Å². The van der Waals surface area contributed by atoms with Gasteiger partial charge in [-0.15, -0.1) is 0 Å². The van der Waals surface area contributed by atoms with Crippen LogP contribution in [0.5, 0.6) is 11.5 Å². The zero-order chi connectivity index (χ0) is 13.5. The van der Waals surface area contributed by atoms with Crippen molar-refractivity contribution in [2.75, 3.05) is 26.2 Å². The highest BCUT2D eigenvalue weighted by atomic mass is 16.6. The van der Waals surface area contributed by atoms with Gasteiger partial charge in [-0.05, 0) is 31.6 Å². The molecule has 1 aromatic rings. The molecule has 0 amide bonds. The highest BCUT2D eigenvalue weighted by Gasteiger charge is 2.22. The lowest BCUT2D eigenvalue weighted by atomic mass is 10.2. The standard InChI is InChI=1S/C16H25NO2/c1-3-5-8-11-17(4-2)12-14-13-18-15-9-6-7-10-16(15)19-14/h6-7,9-10,14H,3-5,8,11-13H2,1-2H3. The van der Waals surface area contributed by atoms with E-state index in [1.165, 1.54) is 19.3 Å². The second-order valence-electron chi connectivity index (χ2n) is 5.10. The van der Waals surface area contributed by atoms with E-state index in [4.69, 9.17) is 9.47 Å². The molecule has 3 nitrogen and oxygen atoms in total. The molecule has 1 aliphatic heterocycles. The summed E-state index contributed by atoms with van der Waals surface area (Å²) in [5, 5.41) is 0. The van der Waals surface area contributed by atoms with Gasteiger partial charge in [0.1, 0.15) is 12.7 Å². The van der Waals surface area contributed by atoms with Gasteiger partial charge in [0.15, 0.2) is 11.5 Å². The SMILES string of the molecule is CCCCCN(CC)CC1COc2ccccc2O1. The molecule has 0 saturated heterocycles. The Kier molecular flexibility index (Phi) is 5.52. The summed E-state index contributed by atoms with van der Waals surface area (Å²) < 4.78 is 11.8. The summed E-state index contributed by atoms with van der Waals surface area (Å²) in [5.41, 5.74) is 0. The molecular weight excluding hydrogens is 238 g/mol. The van der Waals surface area contributed by atoms with Gasteiger partial charge in [-0.25, -0.2) is 0 Å². The fraction of sp³-hybridized carbons (Fsp3) is 0.625. The minimum Gasteiger partial charge on any atom is -0.486 e. The van der Waals surface area contributed by atoms with Crippen LogP contribution in [0, 0.1) is 0 Å². The van der Waals surface area contributed by atoms with Gasteiger partial charge in [0.2, 0.25) is 0 Å². The van der Waals surface area contributed by atoms with Crippen molar-refractivity contribution in [1.29, 1.82) is 0 Å². The molecule has 0 N–H and O–H groups in total. The molecule has 19 heavy (non-hydrogen) atoms. The number of para-hydroxylation sites is 2. The molecule has 2 rings (SSSR count). The van der Waals surface area contributed by atoms with Gasteiger partial charge in [0.25, 0.3) is 0 Å². The van der Waals surface area contributed by atoms with Crippen LogP contribution in [-0.2, 0) is 0 Å². The summed E-state index contributed by atoms with van der Waals surface area (Å²) in [7, 11) is 0. The normalized spacial score (nSPS) is 17.7. The number of rotatable bonds is 7. The quantitative estimate of drug-likeness (QED) is 0.704. The van der Waals surface area contributed by atoms with Crippen LogP contribution in [0.4, 0.5) is 0 Å². The van der Waals surface area contributed by atoms with Crippen LogP contribution in [0.25, 0.3) is 0 Å². The van der Waals surface area contributed by atoms with Crippen LogP contribution >= 0.6 is 0 Å². The molecule has 1 atom stereocenters. The van der Waals surface area contributed by atoms with E-state index in [0.717, 1.165) is 31.1 Å². The van der Waals surface area contributed by atoms with Crippen molar-refractivity contribution in [3.8, 4) is 11.5 Å². The number of unbranched alkanes of at least 4 members (excludes halogenated alkanes) is 2. The van der Waals surface area contributed by atoms with E-state index in [-0.39, 0.29) is 6.10 Å². The van der Waals surface area contributed by atoms with Crippen LogP contribution in [0.3, 0.4) is 0 Å². The number of fused-ring (bicyclic) bond motifs is 1. The summed E-state index contributed by atoms with van der Waals surface area (Å²) in [6.45, 7) is 8.29. The van der Waals surface area contributed by atoms with Crippen molar-refractivity contribution in [3.63, 3.8) is 0 Å². The fourth-order valence-electron chi connectivity index (χ4n) is 2.40. The van der Waals surface area contributed by atoms with Crippen molar-refractivity contribution in [1.82, 2.24) is 4.90 Å². The molecular formula is C16H25NO2. The summed E-state index contributed by atoms with van der Waals surface area (Å²) in [4.78, 5) is 2.46. The zero-order valence-corrected chi connectivity index (χ0v) is 12.1. The summed E-state index contributed by atoms with van der Waals surface area (Å²) >= 11 is 0. The number of benzene rings is 1. The van der Waals surface area contributed by atoms with Gasteiger partial charge < -0.3 is 9.47 Å². The van der Waals surface area contributed by atoms with E-state index in [1.54, 1.807) is 0 Å². The lowest BCUT2D eigenvalue weighted by Crippen LogP contribution is -2.41. The molecule has 1 aliphatic rings. The Balaban J connectivity index is 1.83. The Hall–Kier alpha value is -1.22. The first-order valence-corrected chi connectivity index (χ1v) is 7.44. The van der Waals surface area contributed by atoms with Gasteiger partial charge in [-0.3, -0.25) is 4.90 Å². The van der Waals surface area contributed by atoms with Crippen molar-refractivity contribution in [2.24, 2.45) is 0 Å². The minimum absolute atomic E-state index is 0.150. The first-order chi connectivity index (χ1) is 9.33. The topological polar surface area (TPSA) is 21.7 Å². The number of nitrogens with zero attached hydrogens (tertiary/aromatic N) is 1. The third-order valence-corrected chi connectivity index (χ3v) is 3.55. The predicted molar refractivity (Wildman–Crippen MR) is 78.0 cm³/mol. The lowest BCUT2D eigenvalue weighted by Gasteiger charge is -2.30. The Bertz CT molecular complexity index is 381. The van der Waals surface area contributed by atoms with Gasteiger partial charge in [0.05, 0.1) is 0 Å². The van der Waals surface area contributed by atoms with Crippen LogP contribution < -0.4 is 9.47 Å². The van der Waals surface area contributed by atoms with Crippen molar-refractivity contribution in [3.05, 3.63) is 24.3 Å². The van der Waals surface area contributed by atoms with E-state index in [9.17, 15) is 0 Å². The number of ether oxygens (including phenoxy) is 2. The van der Waals surface area contributed by atoms with Crippen molar-refractivity contribution < 1.29 is 9.47 Å². The monoisotopic (exact) mass is 263 g/mol. The van der Waals surface area contributed by atoms with Gasteiger partial charge in [-0.1, -0.05) is 38.8 Å². The van der Waals surface area contributed by atoms with Gasteiger partial charge in [-0.2, -0.15) is 0 Å². The molecule has 3 heteroatoms. The highest BCUT2D eigenvalue weighted by molar-refractivity contribution is 5.40. The third kappa shape index (κ3) is 4.13. The van der Waals surface area contributed by atoms with E-state index in [1.807, 2.05) is 24.3 Å². The van der Waals surface area contributed by atoms with Gasteiger partial charge in [0, 0.05) is 6.54 Å². The van der Waals surface area contributed by atoms with E-state index in [0.29, 0.717) is 6.61 Å². The minimum atomic E-state index is 0.150. The molecule has 1 heterocycles. The van der Waals surface area contributed by atoms with Crippen molar-refractivity contribution >= 4 is 0 Å². The van der Waals surface area contributed by atoms with Crippen LogP contribution in [0.2, 0.25) is 0 Å². The average Bonchev–Trinajstić information content (AvgIpc) is 2.46. The van der Waals surface area contributed by atoms with Crippen LogP contribution in [0.15, 0.2) is 24.3 Å². The fourth-order valence-corrected chi connectivity index (χ4v) is 2.40. The maximum atomic E-state index is 6.00. The maximum absolute atomic E-state index is 6.00.